The summed E-state index contributed by atoms with van der Waals surface area (Å²) in [6.07, 6.45) is 0. The molecule has 0 saturated carbocycles. The van der Waals surface area contributed by atoms with Crippen molar-refractivity contribution in [2.45, 2.75) is 39.5 Å². The Hall–Kier alpha value is -2.82. The van der Waals surface area contributed by atoms with Crippen molar-refractivity contribution in [2.24, 2.45) is 0 Å². The quantitative estimate of drug-likeness (QED) is 0.773. The number of carbonyl (C=O) groups is 2. The molecule has 5 nitrogen and oxygen atoms in total. The van der Waals surface area contributed by atoms with Crippen molar-refractivity contribution >= 4 is 17.6 Å². The molecule has 1 amide bonds. The van der Waals surface area contributed by atoms with Crippen molar-refractivity contribution in [1.29, 1.82) is 0 Å². The van der Waals surface area contributed by atoms with E-state index < -0.39 is 11.9 Å². The zero-order valence-corrected chi connectivity index (χ0v) is 15.8. The summed E-state index contributed by atoms with van der Waals surface area (Å²) < 4.78 is 5.60. The number of aromatic carboxylic acids is 1. The molecule has 26 heavy (non-hydrogen) atoms. The van der Waals surface area contributed by atoms with Crippen LogP contribution in [0.2, 0.25) is 0 Å². The first kappa shape index (κ1) is 19.5. The van der Waals surface area contributed by atoms with Gasteiger partial charge in [0, 0.05) is 5.69 Å². The smallest absolute Gasteiger partial charge is 0.336 e. The van der Waals surface area contributed by atoms with E-state index in [9.17, 15) is 14.7 Å². The summed E-state index contributed by atoms with van der Waals surface area (Å²) in [6, 6.07) is 9.95. The lowest BCUT2D eigenvalue weighted by molar-refractivity contribution is 0.0692. The van der Waals surface area contributed by atoms with E-state index in [4.69, 9.17) is 4.74 Å². The highest BCUT2D eigenvalue weighted by atomic mass is 16.5. The SMILES string of the molecule is COc1c(C(C)C)cc(NC(=O)c2ccccc2C(=O)O)cc1C(C)C. The Labute approximate surface area is 154 Å². The van der Waals surface area contributed by atoms with Crippen LogP contribution in [-0.4, -0.2) is 24.1 Å². The second-order valence-corrected chi connectivity index (χ2v) is 6.80. The first-order valence-electron chi connectivity index (χ1n) is 8.61. The molecule has 2 rings (SSSR count). The van der Waals surface area contributed by atoms with Gasteiger partial charge in [-0.15, -0.1) is 0 Å². The number of hydrogen-bond donors (Lipinski definition) is 2. The Balaban J connectivity index is 2.47. The molecule has 0 bridgehead atoms. The molecule has 0 saturated heterocycles. The molecule has 0 aliphatic rings. The van der Waals surface area contributed by atoms with Crippen molar-refractivity contribution < 1.29 is 19.4 Å². The molecule has 0 spiro atoms. The van der Waals surface area contributed by atoms with Gasteiger partial charge in [0.25, 0.3) is 5.91 Å². The second kappa shape index (κ2) is 8.04. The van der Waals surface area contributed by atoms with Gasteiger partial charge in [-0.1, -0.05) is 39.8 Å². The lowest BCUT2D eigenvalue weighted by Gasteiger charge is -2.20. The number of amides is 1. The van der Waals surface area contributed by atoms with Crippen LogP contribution in [0.3, 0.4) is 0 Å². The number of carboxylic acids is 1. The lowest BCUT2D eigenvalue weighted by atomic mass is 9.93. The molecule has 0 unspecified atom stereocenters. The molecule has 2 aromatic carbocycles. The largest absolute Gasteiger partial charge is 0.496 e. The van der Waals surface area contributed by atoms with Gasteiger partial charge in [0.15, 0.2) is 0 Å². The number of nitrogens with one attached hydrogen (secondary N) is 1. The summed E-state index contributed by atoms with van der Waals surface area (Å²) in [5.41, 5.74) is 2.74. The molecule has 0 radical (unpaired) electrons. The molecular weight excluding hydrogens is 330 g/mol. The van der Waals surface area contributed by atoms with E-state index >= 15 is 0 Å². The number of carboxylic acid groups (broad SMARTS) is 1. The number of hydrogen-bond acceptors (Lipinski definition) is 3. The van der Waals surface area contributed by atoms with Gasteiger partial charge in [-0.25, -0.2) is 4.79 Å². The highest BCUT2D eigenvalue weighted by Gasteiger charge is 2.20. The molecular formula is C21H25NO4. The molecule has 2 aromatic rings. The summed E-state index contributed by atoms with van der Waals surface area (Å²) in [5.74, 6) is -0.316. The van der Waals surface area contributed by atoms with Crippen LogP contribution in [0.15, 0.2) is 36.4 Å². The fraction of sp³-hybridized carbons (Fsp3) is 0.333. The van der Waals surface area contributed by atoms with E-state index in [1.54, 1.807) is 19.2 Å². The lowest BCUT2D eigenvalue weighted by Crippen LogP contribution is -2.17. The van der Waals surface area contributed by atoms with Crippen LogP contribution < -0.4 is 10.1 Å². The zero-order valence-electron chi connectivity index (χ0n) is 15.8. The number of methoxy groups -OCH3 is 1. The van der Waals surface area contributed by atoms with E-state index in [1.807, 2.05) is 12.1 Å². The van der Waals surface area contributed by atoms with Crippen LogP contribution in [0.1, 0.15) is 71.4 Å². The van der Waals surface area contributed by atoms with Gasteiger partial charge in [-0.3, -0.25) is 4.79 Å². The third-order valence-electron chi connectivity index (χ3n) is 4.25. The minimum Gasteiger partial charge on any atom is -0.496 e. The third-order valence-corrected chi connectivity index (χ3v) is 4.25. The Bertz CT molecular complexity index is 796. The number of rotatable bonds is 6. The van der Waals surface area contributed by atoms with Gasteiger partial charge in [0.2, 0.25) is 0 Å². The number of anilines is 1. The molecule has 5 heteroatoms. The maximum Gasteiger partial charge on any atom is 0.336 e. The maximum absolute atomic E-state index is 12.7. The van der Waals surface area contributed by atoms with Crippen LogP contribution in [0.25, 0.3) is 0 Å². The molecule has 0 aliphatic heterocycles. The van der Waals surface area contributed by atoms with E-state index in [2.05, 4.69) is 33.0 Å². The molecule has 0 fully saturated rings. The van der Waals surface area contributed by atoms with Crippen LogP contribution in [-0.2, 0) is 0 Å². The Kier molecular flexibility index (Phi) is 6.03. The average molecular weight is 355 g/mol. The normalized spacial score (nSPS) is 10.9. The second-order valence-electron chi connectivity index (χ2n) is 6.80. The minimum absolute atomic E-state index is 0.0216. The van der Waals surface area contributed by atoms with Gasteiger partial charge in [0.05, 0.1) is 18.2 Å². The maximum atomic E-state index is 12.7. The van der Waals surface area contributed by atoms with Crippen LogP contribution in [0, 0.1) is 0 Å². The molecule has 138 valence electrons. The van der Waals surface area contributed by atoms with E-state index in [0.717, 1.165) is 16.9 Å². The summed E-state index contributed by atoms with van der Waals surface area (Å²) >= 11 is 0. The first-order chi connectivity index (χ1) is 12.3. The standard InChI is InChI=1S/C21H25NO4/c1-12(2)17-10-14(11-18(13(3)4)19(17)26-5)22-20(23)15-8-6-7-9-16(15)21(24)25/h6-13H,1-5H3,(H,22,23)(H,24,25). The third kappa shape index (κ3) is 4.04. The zero-order chi connectivity index (χ0) is 19.4. The van der Waals surface area contributed by atoms with Gasteiger partial charge in [-0.2, -0.15) is 0 Å². The fourth-order valence-corrected chi connectivity index (χ4v) is 2.91. The van der Waals surface area contributed by atoms with Crippen molar-refractivity contribution in [3.05, 3.63) is 58.7 Å². The molecule has 0 heterocycles. The van der Waals surface area contributed by atoms with Crippen molar-refractivity contribution in [3.63, 3.8) is 0 Å². The van der Waals surface area contributed by atoms with Crippen molar-refractivity contribution in [3.8, 4) is 5.75 Å². The van der Waals surface area contributed by atoms with Gasteiger partial charge in [0.1, 0.15) is 5.75 Å². The van der Waals surface area contributed by atoms with Gasteiger partial charge in [-0.05, 0) is 47.2 Å². The van der Waals surface area contributed by atoms with Gasteiger partial charge >= 0.3 is 5.97 Å². The predicted molar refractivity (Wildman–Crippen MR) is 103 cm³/mol. The average Bonchev–Trinajstić information content (AvgIpc) is 2.60. The van der Waals surface area contributed by atoms with Crippen LogP contribution >= 0.6 is 0 Å². The monoisotopic (exact) mass is 355 g/mol. The van der Waals surface area contributed by atoms with Crippen LogP contribution in [0.5, 0.6) is 5.75 Å². The van der Waals surface area contributed by atoms with Crippen molar-refractivity contribution in [1.82, 2.24) is 0 Å². The fourth-order valence-electron chi connectivity index (χ4n) is 2.91. The number of carbonyl (C=O) groups excluding carboxylic acids is 1. The first-order valence-corrected chi connectivity index (χ1v) is 8.61. The van der Waals surface area contributed by atoms with E-state index in [-0.39, 0.29) is 23.0 Å². The highest BCUT2D eigenvalue weighted by molar-refractivity contribution is 6.10. The summed E-state index contributed by atoms with van der Waals surface area (Å²) in [5, 5.41) is 12.1. The summed E-state index contributed by atoms with van der Waals surface area (Å²) in [6.45, 7) is 8.25. The number of benzene rings is 2. The van der Waals surface area contributed by atoms with E-state index in [1.165, 1.54) is 12.1 Å². The van der Waals surface area contributed by atoms with Gasteiger partial charge < -0.3 is 15.2 Å². The van der Waals surface area contributed by atoms with E-state index in [0.29, 0.717) is 5.69 Å². The summed E-state index contributed by atoms with van der Waals surface area (Å²) in [7, 11) is 1.65. The highest BCUT2D eigenvalue weighted by Crippen LogP contribution is 2.37. The van der Waals surface area contributed by atoms with Crippen molar-refractivity contribution in [2.75, 3.05) is 12.4 Å². The molecule has 2 N–H and O–H groups in total. The Morgan fingerprint density at radius 2 is 1.46 bits per heavy atom. The number of ether oxygens (including phenoxy) is 1. The van der Waals surface area contributed by atoms with Crippen LogP contribution in [0.4, 0.5) is 5.69 Å². The molecule has 0 atom stereocenters. The topological polar surface area (TPSA) is 75.6 Å². The predicted octanol–water partition coefficient (Wildman–Crippen LogP) is 4.89. The minimum atomic E-state index is -1.13. The molecule has 0 aliphatic carbocycles. The summed E-state index contributed by atoms with van der Waals surface area (Å²) in [4.78, 5) is 24.0. The molecule has 0 aromatic heterocycles. The Morgan fingerprint density at radius 3 is 1.88 bits per heavy atom. The Morgan fingerprint density at radius 1 is 0.962 bits per heavy atom.